The molecule has 0 amide bonds. The predicted molar refractivity (Wildman–Crippen MR) is 160 cm³/mol. The van der Waals surface area contributed by atoms with Gasteiger partial charge < -0.3 is 0 Å². The van der Waals surface area contributed by atoms with Crippen LogP contribution in [0.15, 0.2) is 158 Å². The van der Waals surface area contributed by atoms with Crippen LogP contribution in [-0.2, 0) is 17.1 Å². The molecule has 2 aliphatic rings. The van der Waals surface area contributed by atoms with Crippen molar-refractivity contribution < 1.29 is 17.1 Å². The van der Waals surface area contributed by atoms with E-state index in [0.717, 1.165) is 0 Å². The molecule has 0 nitrogen and oxygen atoms in total. The molecule has 0 N–H and O–H groups in total. The monoisotopic (exact) mass is 554 g/mol. The SMILES string of the molecule is [C-]1=CC=CC1P(c1ccccc1)c1ccccc1.[C-]1=CC=CC1P(c1ccccc1)c1ccccc1.[Fe+2]. The van der Waals surface area contributed by atoms with Crippen LogP contribution < -0.4 is 21.2 Å². The van der Waals surface area contributed by atoms with E-state index in [1.807, 2.05) is 12.2 Å². The van der Waals surface area contributed by atoms with Gasteiger partial charge in [0.15, 0.2) is 0 Å². The van der Waals surface area contributed by atoms with Crippen LogP contribution in [0.2, 0.25) is 0 Å². The van der Waals surface area contributed by atoms with Gasteiger partial charge in [-0.05, 0) is 21.2 Å². The molecule has 0 aromatic heterocycles. The van der Waals surface area contributed by atoms with Crippen LogP contribution in [-0.4, -0.2) is 11.3 Å². The Morgan fingerprint density at radius 1 is 0.405 bits per heavy atom. The Labute approximate surface area is 234 Å². The van der Waals surface area contributed by atoms with Crippen molar-refractivity contribution in [1.29, 1.82) is 0 Å². The van der Waals surface area contributed by atoms with E-state index >= 15 is 0 Å². The topological polar surface area (TPSA) is 0 Å². The van der Waals surface area contributed by atoms with E-state index < -0.39 is 0 Å². The van der Waals surface area contributed by atoms with Crippen molar-refractivity contribution in [3.63, 3.8) is 0 Å². The van der Waals surface area contributed by atoms with E-state index in [4.69, 9.17) is 0 Å². The summed E-state index contributed by atoms with van der Waals surface area (Å²) in [7, 11) is -0.762. The summed E-state index contributed by atoms with van der Waals surface area (Å²) >= 11 is 0. The van der Waals surface area contributed by atoms with Crippen molar-refractivity contribution in [2.75, 3.05) is 0 Å². The molecule has 4 aromatic rings. The first-order valence-corrected chi connectivity index (χ1v) is 15.0. The summed E-state index contributed by atoms with van der Waals surface area (Å²) in [6.45, 7) is 0. The van der Waals surface area contributed by atoms with E-state index in [2.05, 4.69) is 158 Å². The second-order valence-electron chi connectivity index (χ2n) is 8.41. The Kier molecular flexibility index (Phi) is 10.5. The second-order valence-corrected chi connectivity index (χ2v) is 13.1. The molecule has 0 radical (unpaired) electrons. The Balaban J connectivity index is 0.000000168. The number of hydrogen-bond donors (Lipinski definition) is 0. The Hall–Kier alpha value is -2.78. The molecule has 0 spiro atoms. The normalized spacial score (nSPS) is 17.0. The van der Waals surface area contributed by atoms with Gasteiger partial charge in [-0.3, -0.25) is 12.2 Å². The average molecular weight is 554 g/mol. The second kappa shape index (κ2) is 14.2. The number of rotatable bonds is 6. The van der Waals surface area contributed by atoms with E-state index in [0.29, 0.717) is 11.3 Å². The molecule has 182 valence electrons. The minimum atomic E-state index is -0.381. The zero-order chi connectivity index (χ0) is 24.4. The smallest absolute Gasteiger partial charge is 0.265 e. The summed E-state index contributed by atoms with van der Waals surface area (Å²) in [4.78, 5) is 0. The molecule has 0 saturated heterocycles. The van der Waals surface area contributed by atoms with Crippen LogP contribution in [0.25, 0.3) is 0 Å². The first-order valence-electron chi connectivity index (χ1n) is 12.2. The van der Waals surface area contributed by atoms with E-state index in [1.54, 1.807) is 0 Å². The van der Waals surface area contributed by atoms with Gasteiger partial charge in [-0.1, -0.05) is 148 Å². The third-order valence-electron chi connectivity index (χ3n) is 6.01. The molecule has 0 aliphatic heterocycles. The third-order valence-corrected chi connectivity index (χ3v) is 11.2. The van der Waals surface area contributed by atoms with Crippen LogP contribution in [0.1, 0.15) is 0 Å². The molecule has 0 fully saturated rings. The maximum absolute atomic E-state index is 3.45. The summed E-state index contributed by atoms with van der Waals surface area (Å²) < 4.78 is 0. The summed E-state index contributed by atoms with van der Waals surface area (Å²) in [5, 5.41) is 5.65. The summed E-state index contributed by atoms with van der Waals surface area (Å²) in [6, 6.07) is 43.1. The van der Waals surface area contributed by atoms with Gasteiger partial charge in [0.1, 0.15) is 0 Å². The standard InChI is InChI=1S/2C17H14P.Fe/c2*1-3-9-15(10-4-1)18(17-13-7-8-14-17)16-11-5-2-6-12-16;/h2*1-13,17H;/q2*-1;+2. The Morgan fingerprint density at radius 2 is 0.676 bits per heavy atom. The largest absolute Gasteiger partial charge is 2.00 e. The van der Waals surface area contributed by atoms with Crippen LogP contribution >= 0.6 is 15.8 Å². The van der Waals surface area contributed by atoms with Crippen molar-refractivity contribution in [2.24, 2.45) is 0 Å². The summed E-state index contributed by atoms with van der Waals surface area (Å²) in [5.41, 5.74) is 0.814. The predicted octanol–water partition coefficient (Wildman–Crippen LogP) is 6.83. The third kappa shape index (κ3) is 7.17. The van der Waals surface area contributed by atoms with Gasteiger partial charge >= 0.3 is 17.1 Å². The fourth-order valence-electron chi connectivity index (χ4n) is 4.36. The zero-order valence-corrected chi connectivity index (χ0v) is 23.3. The quantitative estimate of drug-likeness (QED) is 0.139. The molecule has 37 heavy (non-hydrogen) atoms. The van der Waals surface area contributed by atoms with Gasteiger partial charge in [0.25, 0.3) is 0 Å². The van der Waals surface area contributed by atoms with Gasteiger partial charge in [-0.25, -0.2) is 24.3 Å². The summed E-state index contributed by atoms with van der Waals surface area (Å²) in [5.74, 6) is 0. The zero-order valence-electron chi connectivity index (χ0n) is 20.4. The van der Waals surface area contributed by atoms with Gasteiger partial charge in [-0.15, -0.1) is 0 Å². The number of benzene rings is 4. The van der Waals surface area contributed by atoms with E-state index in [1.165, 1.54) is 21.2 Å². The molecule has 0 heterocycles. The van der Waals surface area contributed by atoms with Gasteiger partial charge in [0.2, 0.25) is 0 Å². The van der Waals surface area contributed by atoms with Crippen LogP contribution in [0.3, 0.4) is 0 Å². The molecule has 4 aromatic carbocycles. The summed E-state index contributed by atoms with van der Waals surface area (Å²) in [6.07, 6.45) is 19.7. The van der Waals surface area contributed by atoms with Crippen molar-refractivity contribution in [3.8, 4) is 0 Å². The molecule has 2 atom stereocenters. The minimum absolute atomic E-state index is 0. The fraction of sp³-hybridized carbons (Fsp3) is 0.0588. The average Bonchev–Trinajstić information content (AvgIpc) is 3.68. The van der Waals surface area contributed by atoms with Crippen LogP contribution in [0.4, 0.5) is 0 Å². The minimum Gasteiger partial charge on any atom is -0.265 e. The van der Waals surface area contributed by atoms with E-state index in [-0.39, 0.29) is 32.9 Å². The van der Waals surface area contributed by atoms with Gasteiger partial charge in [0.05, 0.1) is 0 Å². The van der Waals surface area contributed by atoms with Crippen molar-refractivity contribution in [1.82, 2.24) is 0 Å². The molecule has 6 rings (SSSR count). The maximum atomic E-state index is 3.45. The molecular formula is C34H28FeP2. The molecule has 0 bridgehead atoms. The van der Waals surface area contributed by atoms with Crippen LogP contribution in [0, 0.1) is 12.2 Å². The maximum Gasteiger partial charge on any atom is 2.00 e. The Bertz CT molecular complexity index is 1120. The molecule has 3 heteroatoms. The molecule has 2 unspecified atom stereocenters. The Morgan fingerprint density at radius 3 is 0.892 bits per heavy atom. The van der Waals surface area contributed by atoms with Gasteiger partial charge in [-0.2, -0.15) is 12.2 Å². The number of hydrogen-bond acceptors (Lipinski definition) is 0. The van der Waals surface area contributed by atoms with Gasteiger partial charge in [0, 0.05) is 0 Å². The first-order chi connectivity index (χ1) is 17.9. The molecular weight excluding hydrogens is 526 g/mol. The van der Waals surface area contributed by atoms with Crippen molar-refractivity contribution >= 4 is 37.1 Å². The van der Waals surface area contributed by atoms with Crippen LogP contribution in [0.5, 0.6) is 0 Å². The van der Waals surface area contributed by atoms with Crippen molar-refractivity contribution in [3.05, 3.63) is 170 Å². The van der Waals surface area contributed by atoms with E-state index in [9.17, 15) is 0 Å². The molecule has 0 saturated carbocycles. The fourth-order valence-corrected chi connectivity index (χ4v) is 9.22. The first kappa shape index (κ1) is 27.3. The molecule has 2 aliphatic carbocycles. The van der Waals surface area contributed by atoms with Crippen molar-refractivity contribution in [2.45, 2.75) is 11.3 Å². The number of allylic oxidation sites excluding steroid dienone is 8.